The molecule has 0 unspecified atom stereocenters. The van der Waals surface area contributed by atoms with Crippen molar-refractivity contribution in [3.8, 4) is 5.75 Å². The van der Waals surface area contributed by atoms with E-state index in [1.807, 2.05) is 24.3 Å². The van der Waals surface area contributed by atoms with Crippen LogP contribution in [0.5, 0.6) is 5.75 Å². The Morgan fingerprint density at radius 3 is 2.50 bits per heavy atom. The van der Waals surface area contributed by atoms with Crippen molar-refractivity contribution in [2.24, 2.45) is 5.92 Å². The molecule has 0 spiro atoms. The highest BCUT2D eigenvalue weighted by Crippen LogP contribution is 2.25. The molecule has 1 fully saturated rings. The van der Waals surface area contributed by atoms with Gasteiger partial charge < -0.3 is 10.1 Å². The first-order chi connectivity index (χ1) is 13.4. The molecule has 3 rings (SSSR count). The molecule has 1 atom stereocenters. The molecule has 1 heterocycles. The Morgan fingerprint density at radius 1 is 1.18 bits per heavy atom. The number of carbonyl (C=O) groups is 1. The van der Waals surface area contributed by atoms with Crippen molar-refractivity contribution in [3.63, 3.8) is 0 Å². The van der Waals surface area contributed by atoms with Crippen molar-refractivity contribution >= 4 is 27.5 Å². The van der Waals surface area contributed by atoms with Crippen molar-refractivity contribution in [2.45, 2.75) is 24.3 Å². The van der Waals surface area contributed by atoms with Crippen molar-refractivity contribution in [1.29, 1.82) is 0 Å². The molecule has 0 aromatic heterocycles. The van der Waals surface area contributed by atoms with Crippen LogP contribution in [0.25, 0.3) is 0 Å². The minimum atomic E-state index is -3.64. The summed E-state index contributed by atoms with van der Waals surface area (Å²) in [4.78, 5) is 12.8. The molecule has 1 amide bonds. The summed E-state index contributed by atoms with van der Waals surface area (Å²) in [5, 5.41) is 3.39. The van der Waals surface area contributed by atoms with Crippen LogP contribution in [0.2, 0.25) is 5.02 Å². The normalized spacial score (nSPS) is 17.9. The largest absolute Gasteiger partial charge is 0.497 e. The summed E-state index contributed by atoms with van der Waals surface area (Å²) in [5.41, 5.74) is 0.954. The van der Waals surface area contributed by atoms with Gasteiger partial charge in [0.25, 0.3) is 0 Å². The number of amides is 1. The molecule has 6 nitrogen and oxygen atoms in total. The van der Waals surface area contributed by atoms with Gasteiger partial charge in [0.15, 0.2) is 0 Å². The summed E-state index contributed by atoms with van der Waals surface area (Å²) in [6.45, 7) is 0.982. The molecule has 1 N–H and O–H groups in total. The molecule has 0 saturated carbocycles. The van der Waals surface area contributed by atoms with E-state index in [0.717, 1.165) is 11.3 Å². The summed E-state index contributed by atoms with van der Waals surface area (Å²) in [6, 6.07) is 13.5. The third-order valence-electron chi connectivity index (χ3n) is 4.83. The number of halogens is 1. The number of hydrogen-bond donors (Lipinski definition) is 1. The van der Waals surface area contributed by atoms with Crippen LogP contribution in [-0.4, -0.2) is 38.8 Å². The van der Waals surface area contributed by atoms with Crippen LogP contribution >= 0.6 is 11.6 Å². The van der Waals surface area contributed by atoms with Crippen molar-refractivity contribution in [3.05, 3.63) is 59.1 Å². The lowest BCUT2D eigenvalue weighted by atomic mass is 9.99. The molecule has 28 heavy (non-hydrogen) atoms. The number of benzene rings is 2. The number of hydrogen-bond acceptors (Lipinski definition) is 4. The van der Waals surface area contributed by atoms with Crippen molar-refractivity contribution in [1.82, 2.24) is 9.62 Å². The zero-order valence-corrected chi connectivity index (χ0v) is 17.2. The van der Waals surface area contributed by atoms with Crippen LogP contribution in [0, 0.1) is 5.92 Å². The second-order valence-corrected chi connectivity index (χ2v) is 9.10. The predicted molar refractivity (Wildman–Crippen MR) is 108 cm³/mol. The van der Waals surface area contributed by atoms with E-state index in [-0.39, 0.29) is 23.3 Å². The van der Waals surface area contributed by atoms with Crippen molar-refractivity contribution < 1.29 is 17.9 Å². The maximum absolute atomic E-state index is 12.8. The molecular weight excluding hydrogens is 400 g/mol. The molecule has 1 saturated heterocycles. The van der Waals surface area contributed by atoms with Gasteiger partial charge in [-0.2, -0.15) is 4.31 Å². The summed E-state index contributed by atoms with van der Waals surface area (Å²) in [7, 11) is -2.04. The standard InChI is InChI=1S/C20H23ClN2O4S/c1-27-18-8-4-15(5-9-18)13-22-20(24)16-3-2-12-23(14-16)28(25,26)19-10-6-17(21)7-11-19/h4-11,16H,2-3,12-14H2,1H3,(H,22,24)/t16-/m1/s1. The highest BCUT2D eigenvalue weighted by atomic mass is 35.5. The summed E-state index contributed by atoms with van der Waals surface area (Å²) in [5.74, 6) is 0.256. The fraction of sp³-hybridized carbons (Fsp3) is 0.350. The summed E-state index contributed by atoms with van der Waals surface area (Å²) in [6.07, 6.45) is 1.31. The van der Waals surface area contributed by atoms with Crippen LogP contribution in [0.4, 0.5) is 0 Å². The molecule has 2 aromatic carbocycles. The number of piperidine rings is 1. The number of ether oxygens (including phenoxy) is 1. The van der Waals surface area contributed by atoms with Gasteiger partial charge in [-0.25, -0.2) is 8.42 Å². The quantitative estimate of drug-likeness (QED) is 0.776. The first kappa shape index (κ1) is 20.6. The Bertz CT molecular complexity index is 914. The topological polar surface area (TPSA) is 75.7 Å². The molecule has 1 aliphatic rings. The van der Waals surface area contributed by atoms with Crippen LogP contribution in [0.1, 0.15) is 18.4 Å². The van der Waals surface area contributed by atoms with Gasteiger partial charge in [-0.15, -0.1) is 0 Å². The lowest BCUT2D eigenvalue weighted by Crippen LogP contribution is -2.45. The Hall–Kier alpha value is -2.09. The van der Waals surface area contributed by atoms with E-state index >= 15 is 0 Å². The zero-order valence-electron chi connectivity index (χ0n) is 15.6. The smallest absolute Gasteiger partial charge is 0.243 e. The summed E-state index contributed by atoms with van der Waals surface area (Å²) < 4.78 is 32.2. The minimum absolute atomic E-state index is 0.133. The SMILES string of the molecule is COc1ccc(CNC(=O)[C@@H]2CCCN(S(=O)(=O)c3ccc(Cl)cc3)C2)cc1. The lowest BCUT2D eigenvalue weighted by Gasteiger charge is -2.31. The average molecular weight is 423 g/mol. The van der Waals surface area contributed by atoms with Gasteiger partial charge in [-0.1, -0.05) is 23.7 Å². The number of nitrogens with one attached hydrogen (secondary N) is 1. The maximum Gasteiger partial charge on any atom is 0.243 e. The van der Waals surface area contributed by atoms with Gasteiger partial charge in [0, 0.05) is 24.7 Å². The first-order valence-corrected chi connectivity index (χ1v) is 10.9. The highest BCUT2D eigenvalue weighted by molar-refractivity contribution is 7.89. The van der Waals surface area contributed by atoms with Crippen LogP contribution < -0.4 is 10.1 Å². The van der Waals surface area contributed by atoms with Gasteiger partial charge >= 0.3 is 0 Å². The van der Waals surface area contributed by atoms with Gasteiger partial charge in [0.2, 0.25) is 15.9 Å². The average Bonchev–Trinajstić information content (AvgIpc) is 2.72. The predicted octanol–water partition coefficient (Wildman–Crippen LogP) is 3.07. The fourth-order valence-electron chi connectivity index (χ4n) is 3.21. The molecule has 1 aliphatic heterocycles. The van der Waals surface area contributed by atoms with Gasteiger partial charge in [-0.3, -0.25) is 4.79 Å². The van der Waals surface area contributed by atoms with E-state index in [2.05, 4.69) is 5.32 Å². The lowest BCUT2D eigenvalue weighted by molar-refractivity contribution is -0.126. The van der Waals surface area contributed by atoms with E-state index in [0.29, 0.717) is 31.0 Å². The number of methoxy groups -OCH3 is 1. The molecule has 2 aromatic rings. The number of nitrogens with zero attached hydrogens (tertiary/aromatic N) is 1. The van der Waals surface area contributed by atoms with E-state index in [1.54, 1.807) is 19.2 Å². The Balaban J connectivity index is 1.61. The van der Waals surface area contributed by atoms with Crippen molar-refractivity contribution in [2.75, 3.05) is 20.2 Å². The second kappa shape index (κ2) is 8.94. The Kier molecular flexibility index (Phi) is 6.59. The molecule has 0 radical (unpaired) electrons. The van der Waals surface area contributed by atoms with Crippen LogP contribution in [-0.2, 0) is 21.4 Å². The summed E-state index contributed by atoms with van der Waals surface area (Å²) >= 11 is 5.85. The maximum atomic E-state index is 12.8. The van der Waals surface area contributed by atoms with E-state index in [4.69, 9.17) is 16.3 Å². The fourth-order valence-corrected chi connectivity index (χ4v) is 4.86. The second-order valence-electron chi connectivity index (χ2n) is 6.72. The monoisotopic (exact) mass is 422 g/mol. The first-order valence-electron chi connectivity index (χ1n) is 9.06. The highest BCUT2D eigenvalue weighted by Gasteiger charge is 2.33. The third-order valence-corrected chi connectivity index (χ3v) is 6.96. The molecular formula is C20H23ClN2O4S. The Labute approximate surface area is 170 Å². The van der Waals surface area contributed by atoms with Crippen LogP contribution in [0.3, 0.4) is 0 Å². The van der Waals surface area contributed by atoms with Crippen LogP contribution in [0.15, 0.2) is 53.4 Å². The Morgan fingerprint density at radius 2 is 1.86 bits per heavy atom. The van der Waals surface area contributed by atoms with E-state index in [9.17, 15) is 13.2 Å². The molecule has 8 heteroatoms. The number of sulfonamides is 1. The number of rotatable bonds is 6. The third kappa shape index (κ3) is 4.84. The van der Waals surface area contributed by atoms with Gasteiger partial charge in [-0.05, 0) is 54.8 Å². The van der Waals surface area contributed by atoms with E-state index < -0.39 is 10.0 Å². The molecule has 0 aliphatic carbocycles. The van der Waals surface area contributed by atoms with Gasteiger partial charge in [0.05, 0.1) is 17.9 Å². The van der Waals surface area contributed by atoms with Gasteiger partial charge in [0.1, 0.15) is 5.75 Å². The molecule has 0 bridgehead atoms. The zero-order chi connectivity index (χ0) is 20.1. The minimum Gasteiger partial charge on any atom is -0.497 e. The van der Waals surface area contributed by atoms with E-state index in [1.165, 1.54) is 16.4 Å². The molecule has 150 valence electrons. The number of carbonyl (C=O) groups excluding carboxylic acids is 1.